The van der Waals surface area contributed by atoms with Crippen molar-refractivity contribution < 1.29 is 17.2 Å². The first kappa shape index (κ1) is 20.7. The fourth-order valence-corrected chi connectivity index (χ4v) is 3.91. The van der Waals surface area contributed by atoms with E-state index in [1.54, 1.807) is 13.1 Å². The summed E-state index contributed by atoms with van der Waals surface area (Å²) in [7, 11) is -1.85. The molecule has 0 aliphatic rings. The van der Waals surface area contributed by atoms with Crippen molar-refractivity contribution in [3.63, 3.8) is 0 Å². The van der Waals surface area contributed by atoms with E-state index in [2.05, 4.69) is 20.4 Å². The van der Waals surface area contributed by atoms with E-state index in [-0.39, 0.29) is 22.2 Å². The van der Waals surface area contributed by atoms with Gasteiger partial charge in [-0.05, 0) is 35.9 Å². The van der Waals surface area contributed by atoms with Crippen molar-refractivity contribution in [3.05, 3.63) is 71.4 Å². The third kappa shape index (κ3) is 4.04. The first-order valence-corrected chi connectivity index (χ1v) is 11.0. The maximum atomic E-state index is 14.7. The van der Waals surface area contributed by atoms with Crippen LogP contribution in [0, 0.1) is 11.6 Å². The molecule has 1 unspecified atom stereocenters. The highest BCUT2D eigenvalue weighted by Crippen LogP contribution is 2.30. The topological polar surface area (TPSA) is 116 Å². The van der Waals surface area contributed by atoms with Crippen molar-refractivity contribution >= 4 is 32.6 Å². The van der Waals surface area contributed by atoms with E-state index < -0.39 is 27.5 Å². The second-order valence-corrected chi connectivity index (χ2v) is 9.04. The summed E-state index contributed by atoms with van der Waals surface area (Å²) in [5, 5.41) is 7.59. The fraction of sp³-hybridized carbons (Fsp3) is 0.150. The number of nitrogens with zero attached hydrogens (tertiary/aromatic N) is 4. The summed E-state index contributed by atoms with van der Waals surface area (Å²) in [6.07, 6.45) is 2.59. The molecule has 0 saturated carbocycles. The molecule has 4 rings (SSSR count). The van der Waals surface area contributed by atoms with Crippen molar-refractivity contribution in [2.75, 3.05) is 17.3 Å². The van der Waals surface area contributed by atoms with Crippen molar-refractivity contribution in [3.8, 4) is 0 Å². The number of sulfone groups is 1. The standard InChI is InChI=1S/C20H18F2N6O2S/c1-28-19-15(10-24-28)18(23)26-20(27-19)25-17(14-9-12(21)6-7-16(14)22)11-4-3-5-13(8-11)31(2,29)30/h3-10,17H,1-2H3,(H3,23,25,26,27). The molecule has 1 atom stereocenters. The van der Waals surface area contributed by atoms with Gasteiger partial charge < -0.3 is 11.1 Å². The lowest BCUT2D eigenvalue weighted by Crippen LogP contribution is -2.17. The zero-order chi connectivity index (χ0) is 22.3. The summed E-state index contributed by atoms with van der Waals surface area (Å²) >= 11 is 0. The van der Waals surface area contributed by atoms with E-state index in [0.29, 0.717) is 16.6 Å². The molecule has 31 heavy (non-hydrogen) atoms. The number of hydrogen-bond acceptors (Lipinski definition) is 7. The second kappa shape index (κ2) is 7.58. The Labute approximate surface area is 176 Å². The molecule has 0 radical (unpaired) electrons. The predicted octanol–water partition coefficient (Wildman–Crippen LogP) is 2.83. The van der Waals surface area contributed by atoms with Crippen molar-refractivity contribution in [2.45, 2.75) is 10.9 Å². The first-order valence-electron chi connectivity index (χ1n) is 9.10. The van der Waals surface area contributed by atoms with Crippen LogP contribution in [0.2, 0.25) is 0 Å². The number of nitrogens with one attached hydrogen (secondary N) is 1. The summed E-state index contributed by atoms with van der Waals surface area (Å²) in [5.74, 6) is -1.13. The number of aryl methyl sites for hydroxylation is 1. The number of fused-ring (bicyclic) bond motifs is 1. The van der Waals surface area contributed by atoms with E-state index in [1.165, 1.54) is 29.1 Å². The number of rotatable bonds is 5. The smallest absolute Gasteiger partial charge is 0.227 e. The van der Waals surface area contributed by atoms with Gasteiger partial charge >= 0.3 is 0 Å². The van der Waals surface area contributed by atoms with Gasteiger partial charge in [-0.2, -0.15) is 15.1 Å². The number of aromatic nitrogens is 4. The molecule has 160 valence electrons. The molecule has 0 aliphatic heterocycles. The number of halogens is 2. The first-order chi connectivity index (χ1) is 14.6. The average molecular weight is 444 g/mol. The Morgan fingerprint density at radius 2 is 1.90 bits per heavy atom. The summed E-state index contributed by atoms with van der Waals surface area (Å²) in [6.45, 7) is 0. The monoisotopic (exact) mass is 444 g/mol. The minimum absolute atomic E-state index is 0.0381. The Hall–Kier alpha value is -3.60. The van der Waals surface area contributed by atoms with Crippen LogP contribution >= 0.6 is 0 Å². The van der Waals surface area contributed by atoms with Gasteiger partial charge in [0.05, 0.1) is 22.5 Å². The minimum atomic E-state index is -3.52. The predicted molar refractivity (Wildman–Crippen MR) is 112 cm³/mol. The minimum Gasteiger partial charge on any atom is -0.383 e. The Morgan fingerprint density at radius 1 is 1.13 bits per heavy atom. The van der Waals surface area contributed by atoms with Crippen LogP contribution in [0.3, 0.4) is 0 Å². The van der Waals surface area contributed by atoms with Crippen LogP contribution < -0.4 is 11.1 Å². The largest absolute Gasteiger partial charge is 0.383 e. The number of anilines is 2. The lowest BCUT2D eigenvalue weighted by atomic mass is 9.98. The maximum absolute atomic E-state index is 14.7. The van der Waals surface area contributed by atoms with Gasteiger partial charge in [0.15, 0.2) is 15.5 Å². The van der Waals surface area contributed by atoms with Crippen LogP contribution in [-0.4, -0.2) is 34.4 Å². The molecule has 2 heterocycles. The Kier molecular flexibility index (Phi) is 5.05. The molecule has 0 spiro atoms. The second-order valence-electron chi connectivity index (χ2n) is 7.03. The van der Waals surface area contributed by atoms with Crippen LogP contribution in [-0.2, 0) is 16.9 Å². The lowest BCUT2D eigenvalue weighted by Gasteiger charge is -2.21. The Bertz CT molecular complexity index is 1400. The molecule has 11 heteroatoms. The third-order valence-electron chi connectivity index (χ3n) is 4.78. The quantitative estimate of drug-likeness (QED) is 0.486. The van der Waals surface area contributed by atoms with Gasteiger partial charge in [0.25, 0.3) is 0 Å². The Balaban J connectivity index is 1.88. The van der Waals surface area contributed by atoms with E-state index in [9.17, 15) is 17.2 Å². The van der Waals surface area contributed by atoms with Gasteiger partial charge in [-0.25, -0.2) is 17.2 Å². The van der Waals surface area contributed by atoms with Crippen molar-refractivity contribution in [1.29, 1.82) is 0 Å². The highest BCUT2D eigenvalue weighted by Gasteiger charge is 2.22. The van der Waals surface area contributed by atoms with E-state index in [4.69, 9.17) is 5.73 Å². The SMILES string of the molecule is Cn1ncc2c(N)nc(NC(c3cccc(S(C)(=O)=O)c3)c3cc(F)ccc3F)nc21. The zero-order valence-corrected chi connectivity index (χ0v) is 17.4. The molecular weight excluding hydrogens is 426 g/mol. The fourth-order valence-electron chi connectivity index (χ4n) is 3.24. The number of nitrogens with two attached hydrogens (primary N) is 1. The molecule has 0 bridgehead atoms. The van der Waals surface area contributed by atoms with Crippen molar-refractivity contribution in [2.24, 2.45) is 7.05 Å². The molecule has 0 saturated heterocycles. The van der Waals surface area contributed by atoms with Gasteiger partial charge in [-0.15, -0.1) is 0 Å². The number of hydrogen-bond donors (Lipinski definition) is 2. The Morgan fingerprint density at radius 3 is 2.65 bits per heavy atom. The van der Waals surface area contributed by atoms with Crippen LogP contribution in [0.1, 0.15) is 17.2 Å². The van der Waals surface area contributed by atoms with Gasteiger partial charge in [0, 0.05) is 18.9 Å². The van der Waals surface area contributed by atoms with Gasteiger partial charge in [0.2, 0.25) is 5.95 Å². The number of benzene rings is 2. The number of nitrogen functional groups attached to an aromatic ring is 1. The normalized spacial score (nSPS) is 12.8. The molecule has 4 aromatic rings. The van der Waals surface area contributed by atoms with Gasteiger partial charge in [0.1, 0.15) is 17.5 Å². The molecule has 2 aromatic carbocycles. The van der Waals surface area contributed by atoms with Crippen LogP contribution in [0.15, 0.2) is 53.6 Å². The maximum Gasteiger partial charge on any atom is 0.227 e. The molecule has 0 aliphatic carbocycles. The molecule has 0 fully saturated rings. The van der Waals surface area contributed by atoms with Crippen LogP contribution in [0.5, 0.6) is 0 Å². The van der Waals surface area contributed by atoms with Crippen molar-refractivity contribution in [1.82, 2.24) is 19.7 Å². The van der Waals surface area contributed by atoms with Crippen LogP contribution in [0.4, 0.5) is 20.5 Å². The van der Waals surface area contributed by atoms with E-state index in [0.717, 1.165) is 24.5 Å². The van der Waals surface area contributed by atoms with Gasteiger partial charge in [-0.3, -0.25) is 4.68 Å². The van der Waals surface area contributed by atoms with E-state index in [1.807, 2.05) is 0 Å². The summed E-state index contributed by atoms with van der Waals surface area (Å²) in [5.41, 5.74) is 6.77. The van der Waals surface area contributed by atoms with E-state index >= 15 is 0 Å². The lowest BCUT2D eigenvalue weighted by molar-refractivity contribution is 0.580. The highest BCUT2D eigenvalue weighted by atomic mass is 32.2. The molecule has 2 aromatic heterocycles. The average Bonchev–Trinajstić information content (AvgIpc) is 3.09. The summed E-state index contributed by atoms with van der Waals surface area (Å²) < 4.78 is 54.2. The summed E-state index contributed by atoms with van der Waals surface area (Å²) in [6, 6.07) is 7.98. The molecule has 3 N–H and O–H groups in total. The highest BCUT2D eigenvalue weighted by molar-refractivity contribution is 7.90. The molecule has 0 amide bonds. The van der Waals surface area contributed by atoms with Gasteiger partial charge in [-0.1, -0.05) is 12.1 Å². The summed E-state index contributed by atoms with van der Waals surface area (Å²) in [4.78, 5) is 8.61. The zero-order valence-electron chi connectivity index (χ0n) is 16.5. The molecule has 8 nitrogen and oxygen atoms in total. The van der Waals surface area contributed by atoms with Crippen LogP contribution in [0.25, 0.3) is 11.0 Å². The molecular formula is C20H18F2N6O2S. The third-order valence-corrected chi connectivity index (χ3v) is 5.89.